The van der Waals surface area contributed by atoms with Gasteiger partial charge in [-0.3, -0.25) is 0 Å². The fraction of sp³-hybridized carbons (Fsp3) is 0.400. The molecule has 24 heavy (non-hydrogen) atoms. The highest BCUT2D eigenvalue weighted by Gasteiger charge is 2.36. The van der Waals surface area contributed by atoms with Gasteiger partial charge in [0.1, 0.15) is 11.0 Å². The molecular weight excluding hydrogens is 361 g/mol. The van der Waals surface area contributed by atoms with Crippen LogP contribution in [0.4, 0.5) is 19.0 Å². The number of hydrogen-bond acceptors (Lipinski definition) is 5. The standard InChI is InChI=1S/C15H14ClF3N4S/c1-24-14-21-11-5-8-23(7-4-9(11)12(16)22-14)13-10(15(17,18)19)3-2-6-20-13/h2-3,6H,4-5,7-8H2,1H3. The number of halogens is 4. The third kappa shape index (κ3) is 3.44. The second-order valence-electron chi connectivity index (χ2n) is 5.29. The van der Waals surface area contributed by atoms with Gasteiger partial charge in [0.2, 0.25) is 0 Å². The summed E-state index contributed by atoms with van der Waals surface area (Å²) in [5.74, 6) is -0.0491. The third-order valence-electron chi connectivity index (χ3n) is 3.85. The molecule has 0 radical (unpaired) electrons. The molecule has 2 aromatic heterocycles. The lowest BCUT2D eigenvalue weighted by Gasteiger charge is -2.24. The van der Waals surface area contributed by atoms with Crippen LogP contribution in [0.25, 0.3) is 0 Å². The minimum absolute atomic E-state index is 0.0491. The van der Waals surface area contributed by atoms with E-state index in [0.29, 0.717) is 36.2 Å². The van der Waals surface area contributed by atoms with E-state index in [1.165, 1.54) is 24.0 Å². The third-order valence-corrected chi connectivity index (χ3v) is 4.71. The van der Waals surface area contributed by atoms with Gasteiger partial charge in [0.25, 0.3) is 0 Å². The smallest absolute Gasteiger partial charge is 0.355 e. The summed E-state index contributed by atoms with van der Waals surface area (Å²) in [5, 5.41) is 0.948. The summed E-state index contributed by atoms with van der Waals surface area (Å²) in [7, 11) is 0. The largest absolute Gasteiger partial charge is 0.419 e. The van der Waals surface area contributed by atoms with Crippen LogP contribution in [0.5, 0.6) is 0 Å². The Labute approximate surface area is 146 Å². The maximum atomic E-state index is 13.2. The number of rotatable bonds is 2. The molecule has 0 bridgehead atoms. The van der Waals surface area contributed by atoms with E-state index in [9.17, 15) is 13.2 Å². The van der Waals surface area contributed by atoms with Gasteiger partial charge in [-0.15, -0.1) is 0 Å². The SMILES string of the molecule is CSc1nc(Cl)c2c(n1)CCN(c1ncccc1C(F)(F)F)CC2. The van der Waals surface area contributed by atoms with Gasteiger partial charge in [0.05, 0.1) is 11.3 Å². The maximum Gasteiger partial charge on any atom is 0.419 e. The van der Waals surface area contributed by atoms with Crippen LogP contribution in [0.1, 0.15) is 16.8 Å². The summed E-state index contributed by atoms with van der Waals surface area (Å²) >= 11 is 7.60. The van der Waals surface area contributed by atoms with Crippen molar-refractivity contribution in [3.05, 3.63) is 40.3 Å². The summed E-state index contributed by atoms with van der Waals surface area (Å²) in [6.07, 6.45) is -0.228. The monoisotopic (exact) mass is 374 g/mol. The Morgan fingerprint density at radius 2 is 1.96 bits per heavy atom. The Kier molecular flexibility index (Phi) is 4.87. The zero-order chi connectivity index (χ0) is 17.3. The summed E-state index contributed by atoms with van der Waals surface area (Å²) in [6.45, 7) is 0.781. The maximum absolute atomic E-state index is 13.2. The molecule has 0 N–H and O–H groups in total. The Hall–Kier alpha value is -1.54. The van der Waals surface area contributed by atoms with Gasteiger partial charge in [0.15, 0.2) is 5.16 Å². The molecule has 4 nitrogen and oxygen atoms in total. The van der Waals surface area contributed by atoms with Gasteiger partial charge in [-0.25, -0.2) is 15.0 Å². The van der Waals surface area contributed by atoms with E-state index in [-0.39, 0.29) is 5.82 Å². The van der Waals surface area contributed by atoms with Gasteiger partial charge in [-0.2, -0.15) is 13.2 Å². The molecule has 3 rings (SSSR count). The van der Waals surface area contributed by atoms with E-state index in [0.717, 1.165) is 17.3 Å². The van der Waals surface area contributed by atoms with Crippen molar-refractivity contribution in [3.63, 3.8) is 0 Å². The van der Waals surface area contributed by atoms with E-state index in [1.807, 2.05) is 6.26 Å². The molecule has 3 heterocycles. The van der Waals surface area contributed by atoms with Gasteiger partial charge in [-0.1, -0.05) is 23.4 Å². The highest BCUT2D eigenvalue weighted by atomic mass is 35.5. The first-order chi connectivity index (χ1) is 11.4. The second kappa shape index (κ2) is 6.76. The molecule has 0 aromatic carbocycles. The Balaban J connectivity index is 1.92. The molecule has 0 saturated carbocycles. The van der Waals surface area contributed by atoms with Gasteiger partial charge < -0.3 is 4.90 Å². The number of anilines is 1. The number of thioether (sulfide) groups is 1. The first-order valence-corrected chi connectivity index (χ1v) is 8.87. The zero-order valence-corrected chi connectivity index (χ0v) is 14.3. The average molecular weight is 375 g/mol. The van der Waals surface area contributed by atoms with Crippen LogP contribution in [-0.2, 0) is 19.0 Å². The van der Waals surface area contributed by atoms with E-state index in [4.69, 9.17) is 11.6 Å². The van der Waals surface area contributed by atoms with Crippen molar-refractivity contribution >= 4 is 29.2 Å². The van der Waals surface area contributed by atoms with Crippen molar-refractivity contribution in [2.24, 2.45) is 0 Å². The molecule has 0 saturated heterocycles. The molecule has 2 aromatic rings. The van der Waals surface area contributed by atoms with Crippen LogP contribution in [-0.4, -0.2) is 34.3 Å². The molecular formula is C15H14ClF3N4S. The van der Waals surface area contributed by atoms with Crippen molar-refractivity contribution in [3.8, 4) is 0 Å². The van der Waals surface area contributed by atoms with Gasteiger partial charge >= 0.3 is 6.18 Å². The molecule has 9 heteroatoms. The molecule has 1 aliphatic rings. The van der Waals surface area contributed by atoms with Crippen LogP contribution in [0, 0.1) is 0 Å². The molecule has 0 unspecified atom stereocenters. The highest BCUT2D eigenvalue weighted by molar-refractivity contribution is 7.98. The van der Waals surface area contributed by atoms with Crippen LogP contribution in [0.15, 0.2) is 23.5 Å². The number of pyridine rings is 1. The van der Waals surface area contributed by atoms with E-state index in [2.05, 4.69) is 15.0 Å². The number of aromatic nitrogens is 3. The fourth-order valence-electron chi connectivity index (χ4n) is 2.71. The first-order valence-electron chi connectivity index (χ1n) is 7.26. The Bertz CT molecular complexity index is 754. The van der Waals surface area contributed by atoms with E-state index >= 15 is 0 Å². The minimum atomic E-state index is -4.44. The topological polar surface area (TPSA) is 41.9 Å². The van der Waals surface area contributed by atoms with Crippen molar-refractivity contribution in [1.82, 2.24) is 15.0 Å². The molecule has 0 fully saturated rings. The lowest BCUT2D eigenvalue weighted by atomic mass is 10.1. The summed E-state index contributed by atoms with van der Waals surface area (Å²) in [5.41, 5.74) is 0.880. The van der Waals surface area contributed by atoms with Crippen molar-refractivity contribution in [2.45, 2.75) is 24.2 Å². The van der Waals surface area contributed by atoms with Gasteiger partial charge in [0, 0.05) is 31.3 Å². The zero-order valence-electron chi connectivity index (χ0n) is 12.8. The Morgan fingerprint density at radius 3 is 2.67 bits per heavy atom. The van der Waals surface area contributed by atoms with Crippen LogP contribution in [0.3, 0.4) is 0 Å². The molecule has 0 aliphatic carbocycles. The predicted octanol–water partition coefficient (Wildman–Crippen LogP) is 3.87. The van der Waals surface area contributed by atoms with Crippen molar-refractivity contribution in [1.29, 1.82) is 0 Å². The van der Waals surface area contributed by atoms with Crippen molar-refractivity contribution < 1.29 is 13.2 Å². The summed E-state index contributed by atoms with van der Waals surface area (Å²) < 4.78 is 39.7. The highest BCUT2D eigenvalue weighted by Crippen LogP contribution is 2.36. The van der Waals surface area contributed by atoms with E-state index in [1.54, 1.807) is 4.90 Å². The molecule has 0 amide bonds. The average Bonchev–Trinajstić information content (AvgIpc) is 2.77. The second-order valence-corrected chi connectivity index (χ2v) is 6.42. The number of fused-ring (bicyclic) bond motifs is 1. The Morgan fingerprint density at radius 1 is 1.21 bits per heavy atom. The number of nitrogens with zero attached hydrogens (tertiary/aromatic N) is 4. The summed E-state index contributed by atoms with van der Waals surface area (Å²) in [6, 6.07) is 2.35. The normalized spacial score (nSPS) is 15.1. The number of hydrogen-bond donors (Lipinski definition) is 0. The van der Waals surface area contributed by atoms with Crippen LogP contribution < -0.4 is 4.90 Å². The first kappa shape index (κ1) is 17.3. The lowest BCUT2D eigenvalue weighted by Crippen LogP contribution is -2.29. The van der Waals surface area contributed by atoms with Crippen molar-refractivity contribution in [2.75, 3.05) is 24.2 Å². The molecule has 0 atom stereocenters. The van der Waals surface area contributed by atoms with E-state index < -0.39 is 11.7 Å². The predicted molar refractivity (Wildman–Crippen MR) is 87.7 cm³/mol. The fourth-order valence-corrected chi connectivity index (χ4v) is 3.42. The quantitative estimate of drug-likeness (QED) is 0.453. The lowest BCUT2D eigenvalue weighted by molar-refractivity contribution is -0.137. The minimum Gasteiger partial charge on any atom is -0.355 e. The van der Waals surface area contributed by atoms with Crippen LogP contribution >= 0.6 is 23.4 Å². The van der Waals surface area contributed by atoms with Gasteiger partial charge in [-0.05, 0) is 24.8 Å². The number of alkyl halides is 3. The summed E-state index contributed by atoms with van der Waals surface area (Å²) in [4.78, 5) is 14.3. The molecule has 128 valence electrons. The molecule has 0 spiro atoms. The molecule has 1 aliphatic heterocycles. The van der Waals surface area contributed by atoms with Crippen LogP contribution in [0.2, 0.25) is 5.15 Å².